The van der Waals surface area contributed by atoms with Crippen LogP contribution in [0, 0.1) is 0 Å². The number of rotatable bonds is 6. The largest absolute Gasteiger partial charge is 0.375 e. The van der Waals surface area contributed by atoms with Gasteiger partial charge in [-0.05, 0) is 32.4 Å². The van der Waals surface area contributed by atoms with Crippen molar-refractivity contribution in [3.05, 3.63) is 24.0 Å². The van der Waals surface area contributed by atoms with Crippen molar-refractivity contribution in [2.75, 3.05) is 24.6 Å². The van der Waals surface area contributed by atoms with Gasteiger partial charge >= 0.3 is 0 Å². The van der Waals surface area contributed by atoms with Crippen molar-refractivity contribution < 1.29 is 4.74 Å². The summed E-state index contributed by atoms with van der Waals surface area (Å²) in [5.41, 5.74) is 2.60. The minimum Gasteiger partial charge on any atom is -0.375 e. The van der Waals surface area contributed by atoms with E-state index in [1.54, 1.807) is 0 Å². The first-order valence-electron chi connectivity index (χ1n) is 7.78. The summed E-state index contributed by atoms with van der Waals surface area (Å²) in [6.07, 6.45) is 6.44. The Balaban J connectivity index is 2.16. The Hall–Kier alpha value is -1.13. The molecule has 1 saturated heterocycles. The molecule has 4 nitrogen and oxygen atoms in total. The molecule has 0 amide bonds. The average molecular weight is 277 g/mol. The smallest absolute Gasteiger partial charge is 0.0723 e. The van der Waals surface area contributed by atoms with E-state index in [1.807, 2.05) is 12.4 Å². The van der Waals surface area contributed by atoms with E-state index in [0.29, 0.717) is 12.1 Å². The van der Waals surface area contributed by atoms with E-state index in [1.165, 1.54) is 11.3 Å². The van der Waals surface area contributed by atoms with E-state index in [9.17, 15) is 0 Å². The standard InChI is InChI=1S/C16H27N3O/c1-4-7-17-9-14-10-18-8-6-16(14)19-11-13(3)20-12-15(19)5-2/h6,8,10,13,15,17H,4-5,7,9,11-12H2,1-3H3. The van der Waals surface area contributed by atoms with Crippen molar-refractivity contribution in [2.45, 2.75) is 52.3 Å². The second-order valence-corrected chi connectivity index (χ2v) is 5.54. The van der Waals surface area contributed by atoms with Gasteiger partial charge in [0.1, 0.15) is 0 Å². The van der Waals surface area contributed by atoms with Gasteiger partial charge in [-0.1, -0.05) is 13.8 Å². The summed E-state index contributed by atoms with van der Waals surface area (Å²) in [4.78, 5) is 6.79. The van der Waals surface area contributed by atoms with Crippen molar-refractivity contribution in [3.63, 3.8) is 0 Å². The summed E-state index contributed by atoms with van der Waals surface area (Å²) in [7, 11) is 0. The van der Waals surface area contributed by atoms with Crippen LogP contribution in [-0.2, 0) is 11.3 Å². The predicted molar refractivity (Wildman–Crippen MR) is 83.1 cm³/mol. The number of pyridine rings is 1. The minimum atomic E-state index is 0.294. The van der Waals surface area contributed by atoms with Crippen LogP contribution in [0.4, 0.5) is 5.69 Å². The van der Waals surface area contributed by atoms with Gasteiger partial charge in [-0.25, -0.2) is 0 Å². The van der Waals surface area contributed by atoms with Crippen LogP contribution in [0.1, 0.15) is 39.2 Å². The lowest BCUT2D eigenvalue weighted by atomic mass is 10.1. The number of anilines is 1. The van der Waals surface area contributed by atoms with Gasteiger partial charge in [0.15, 0.2) is 0 Å². The highest BCUT2D eigenvalue weighted by atomic mass is 16.5. The van der Waals surface area contributed by atoms with Crippen LogP contribution in [0.25, 0.3) is 0 Å². The monoisotopic (exact) mass is 277 g/mol. The first kappa shape index (κ1) is 15.3. The van der Waals surface area contributed by atoms with Crippen LogP contribution in [0.2, 0.25) is 0 Å². The molecular weight excluding hydrogens is 250 g/mol. The molecule has 1 aromatic rings. The maximum atomic E-state index is 5.80. The van der Waals surface area contributed by atoms with E-state index in [0.717, 1.165) is 39.1 Å². The number of aromatic nitrogens is 1. The molecule has 112 valence electrons. The molecule has 1 aliphatic rings. The Morgan fingerprint density at radius 3 is 3.05 bits per heavy atom. The number of hydrogen-bond donors (Lipinski definition) is 1. The summed E-state index contributed by atoms with van der Waals surface area (Å²) in [6, 6.07) is 2.61. The molecule has 0 aromatic carbocycles. The second-order valence-electron chi connectivity index (χ2n) is 5.54. The molecule has 2 unspecified atom stereocenters. The number of nitrogens with zero attached hydrogens (tertiary/aromatic N) is 2. The van der Waals surface area contributed by atoms with E-state index >= 15 is 0 Å². The zero-order valence-corrected chi connectivity index (χ0v) is 12.9. The highest BCUT2D eigenvalue weighted by Gasteiger charge is 2.27. The summed E-state index contributed by atoms with van der Waals surface area (Å²) in [6.45, 7) is 10.3. The summed E-state index contributed by atoms with van der Waals surface area (Å²) in [5, 5.41) is 3.48. The number of ether oxygens (including phenoxy) is 1. The first-order chi connectivity index (χ1) is 9.76. The van der Waals surface area contributed by atoms with Gasteiger partial charge in [-0.2, -0.15) is 0 Å². The van der Waals surface area contributed by atoms with E-state index in [2.05, 4.69) is 42.0 Å². The van der Waals surface area contributed by atoms with Gasteiger partial charge in [-0.3, -0.25) is 4.98 Å². The fourth-order valence-corrected chi connectivity index (χ4v) is 2.71. The van der Waals surface area contributed by atoms with Gasteiger partial charge in [0.2, 0.25) is 0 Å². The maximum absolute atomic E-state index is 5.80. The molecule has 4 heteroatoms. The molecular formula is C16H27N3O. The predicted octanol–water partition coefficient (Wildman–Crippen LogP) is 2.58. The van der Waals surface area contributed by atoms with Crippen molar-refractivity contribution in [3.8, 4) is 0 Å². The minimum absolute atomic E-state index is 0.294. The lowest BCUT2D eigenvalue weighted by molar-refractivity contribution is 0.0299. The lowest BCUT2D eigenvalue weighted by Gasteiger charge is -2.40. The first-order valence-corrected chi connectivity index (χ1v) is 7.78. The molecule has 2 heterocycles. The second kappa shape index (κ2) is 7.60. The molecule has 0 radical (unpaired) electrons. The number of hydrogen-bond acceptors (Lipinski definition) is 4. The molecule has 0 spiro atoms. The van der Waals surface area contributed by atoms with Crippen molar-refractivity contribution in [1.29, 1.82) is 0 Å². The summed E-state index contributed by atoms with van der Waals surface area (Å²) in [5.74, 6) is 0. The molecule has 1 fully saturated rings. The van der Waals surface area contributed by atoms with Gasteiger partial charge < -0.3 is 15.0 Å². The molecule has 0 aliphatic carbocycles. The highest BCUT2D eigenvalue weighted by Crippen LogP contribution is 2.26. The van der Waals surface area contributed by atoms with Crippen LogP contribution in [0.5, 0.6) is 0 Å². The van der Waals surface area contributed by atoms with E-state index in [-0.39, 0.29) is 0 Å². The third-order valence-corrected chi connectivity index (χ3v) is 3.87. The molecule has 1 aliphatic heterocycles. The summed E-state index contributed by atoms with van der Waals surface area (Å²) < 4.78 is 5.80. The van der Waals surface area contributed by atoms with E-state index < -0.39 is 0 Å². The van der Waals surface area contributed by atoms with Crippen molar-refractivity contribution >= 4 is 5.69 Å². The molecule has 1 aromatic heterocycles. The van der Waals surface area contributed by atoms with Gasteiger partial charge in [0.25, 0.3) is 0 Å². The quantitative estimate of drug-likeness (QED) is 0.811. The van der Waals surface area contributed by atoms with Crippen LogP contribution in [0.15, 0.2) is 18.5 Å². The van der Waals surface area contributed by atoms with Crippen molar-refractivity contribution in [1.82, 2.24) is 10.3 Å². The maximum Gasteiger partial charge on any atom is 0.0723 e. The molecule has 0 bridgehead atoms. The molecule has 20 heavy (non-hydrogen) atoms. The molecule has 1 N–H and O–H groups in total. The zero-order valence-electron chi connectivity index (χ0n) is 12.9. The number of nitrogens with one attached hydrogen (secondary N) is 1. The van der Waals surface area contributed by atoms with Crippen LogP contribution in [0.3, 0.4) is 0 Å². The van der Waals surface area contributed by atoms with Gasteiger partial charge in [0.05, 0.1) is 18.8 Å². The van der Waals surface area contributed by atoms with E-state index in [4.69, 9.17) is 4.74 Å². The fraction of sp³-hybridized carbons (Fsp3) is 0.688. The fourth-order valence-electron chi connectivity index (χ4n) is 2.71. The SMILES string of the molecule is CCCNCc1cnccc1N1CC(C)OCC1CC. The summed E-state index contributed by atoms with van der Waals surface area (Å²) >= 11 is 0. The molecule has 2 rings (SSSR count). The highest BCUT2D eigenvalue weighted by molar-refractivity contribution is 5.53. The van der Waals surface area contributed by atoms with Crippen LogP contribution >= 0.6 is 0 Å². The Kier molecular flexibility index (Phi) is 5.80. The third-order valence-electron chi connectivity index (χ3n) is 3.87. The third kappa shape index (κ3) is 3.70. The zero-order chi connectivity index (χ0) is 14.4. The Morgan fingerprint density at radius 1 is 1.45 bits per heavy atom. The van der Waals surface area contributed by atoms with Gasteiger partial charge in [0, 0.05) is 36.7 Å². The van der Waals surface area contributed by atoms with Crippen molar-refractivity contribution in [2.24, 2.45) is 0 Å². The Bertz CT molecular complexity index is 410. The number of morpholine rings is 1. The lowest BCUT2D eigenvalue weighted by Crippen LogP contribution is -2.49. The van der Waals surface area contributed by atoms with Crippen LogP contribution in [-0.4, -0.2) is 36.8 Å². The molecule has 2 atom stereocenters. The average Bonchev–Trinajstić information content (AvgIpc) is 2.48. The Morgan fingerprint density at radius 2 is 2.30 bits per heavy atom. The topological polar surface area (TPSA) is 37.4 Å². The van der Waals surface area contributed by atoms with Gasteiger partial charge in [-0.15, -0.1) is 0 Å². The van der Waals surface area contributed by atoms with Crippen LogP contribution < -0.4 is 10.2 Å². The Labute approximate surface area is 122 Å². The molecule has 0 saturated carbocycles. The normalized spacial score (nSPS) is 23.1.